The minimum atomic E-state index is -0.434. The number of benzene rings is 1. The van der Waals surface area contributed by atoms with Gasteiger partial charge in [-0.05, 0) is 62.2 Å². The molecule has 0 aliphatic carbocycles. The topological polar surface area (TPSA) is 75.4 Å². The normalized spacial score (nSPS) is 24.4. The summed E-state index contributed by atoms with van der Waals surface area (Å²) in [7, 11) is 0. The lowest BCUT2D eigenvalue weighted by molar-refractivity contribution is 0.0622. The van der Waals surface area contributed by atoms with Crippen molar-refractivity contribution in [2.24, 2.45) is 11.7 Å². The van der Waals surface area contributed by atoms with E-state index in [1.54, 1.807) is 12.1 Å². The first-order valence-electron chi connectivity index (χ1n) is 8.79. The maximum atomic E-state index is 12.6. The Labute approximate surface area is 160 Å². The number of hydrogen-bond donors (Lipinski definition) is 2. The second-order valence-corrected chi connectivity index (χ2v) is 9.29. The van der Waals surface area contributed by atoms with Crippen LogP contribution in [0.25, 0.3) is 0 Å². The second-order valence-electron chi connectivity index (χ2n) is 6.83. The maximum absolute atomic E-state index is 12.6. The van der Waals surface area contributed by atoms with Gasteiger partial charge in [-0.2, -0.15) is 0 Å². The zero-order valence-corrected chi connectivity index (χ0v) is 15.9. The van der Waals surface area contributed by atoms with Gasteiger partial charge in [0.25, 0.3) is 5.91 Å². The zero-order valence-electron chi connectivity index (χ0n) is 14.3. The third-order valence-corrected chi connectivity index (χ3v) is 7.32. The van der Waals surface area contributed by atoms with Crippen molar-refractivity contribution in [3.63, 3.8) is 0 Å². The fourth-order valence-corrected chi connectivity index (χ4v) is 5.76. The number of nitrogens with zero attached hydrogens (tertiary/aromatic N) is 1. The Morgan fingerprint density at radius 3 is 2.69 bits per heavy atom. The Morgan fingerprint density at radius 1 is 1.19 bits per heavy atom. The average molecular weight is 388 g/mol. The zero-order chi connectivity index (χ0) is 18.1. The van der Waals surface area contributed by atoms with Crippen molar-refractivity contribution >= 4 is 34.9 Å². The van der Waals surface area contributed by atoms with Crippen molar-refractivity contribution in [2.75, 3.05) is 19.6 Å². The SMILES string of the molecule is NC(=O)c1cccc(Sc2ccc(C(=O)NC3CN4CCC3CC4)s2)c1. The standard InChI is InChI=1S/C19H21N3O2S2/c20-18(23)13-2-1-3-14(10-13)25-17-5-4-16(26-17)19(24)21-15-11-22-8-6-12(15)7-9-22/h1-5,10,12,15H,6-9,11H2,(H2,20,23)(H,21,24). The van der Waals surface area contributed by atoms with E-state index in [0.717, 1.165) is 20.5 Å². The molecule has 2 aromatic rings. The Kier molecular flexibility index (Phi) is 5.02. The molecule has 1 atom stereocenters. The first kappa shape index (κ1) is 17.6. The van der Waals surface area contributed by atoms with Crippen molar-refractivity contribution in [3.05, 3.63) is 46.8 Å². The Bertz CT molecular complexity index is 828. The monoisotopic (exact) mass is 387 g/mol. The third-order valence-electron chi connectivity index (χ3n) is 5.11. The number of piperidine rings is 3. The minimum absolute atomic E-state index is 0.0199. The van der Waals surface area contributed by atoms with Gasteiger partial charge in [-0.25, -0.2) is 0 Å². The summed E-state index contributed by atoms with van der Waals surface area (Å²) < 4.78 is 1.02. The number of nitrogens with two attached hydrogens (primary N) is 1. The van der Waals surface area contributed by atoms with Gasteiger partial charge < -0.3 is 16.0 Å². The molecule has 7 heteroatoms. The highest BCUT2D eigenvalue weighted by atomic mass is 32.2. The number of rotatable bonds is 5. The summed E-state index contributed by atoms with van der Waals surface area (Å²) in [5, 5.41) is 3.23. The van der Waals surface area contributed by atoms with Crippen molar-refractivity contribution < 1.29 is 9.59 Å². The van der Waals surface area contributed by atoms with Crippen LogP contribution in [-0.2, 0) is 0 Å². The molecule has 3 aliphatic rings. The summed E-state index contributed by atoms with van der Waals surface area (Å²) in [6.45, 7) is 3.31. The van der Waals surface area contributed by atoms with Crippen LogP contribution < -0.4 is 11.1 Å². The van der Waals surface area contributed by atoms with Gasteiger partial charge in [0.2, 0.25) is 5.91 Å². The van der Waals surface area contributed by atoms with E-state index < -0.39 is 5.91 Å². The van der Waals surface area contributed by atoms with Crippen LogP contribution in [0.2, 0.25) is 0 Å². The van der Waals surface area contributed by atoms with E-state index in [9.17, 15) is 9.59 Å². The van der Waals surface area contributed by atoms with Gasteiger partial charge in [0.05, 0.1) is 9.09 Å². The van der Waals surface area contributed by atoms with E-state index in [4.69, 9.17) is 5.73 Å². The molecule has 26 heavy (non-hydrogen) atoms. The third kappa shape index (κ3) is 3.79. The van der Waals surface area contributed by atoms with Crippen LogP contribution in [0.1, 0.15) is 32.9 Å². The van der Waals surface area contributed by atoms with Gasteiger partial charge in [0.1, 0.15) is 0 Å². The van der Waals surface area contributed by atoms with E-state index in [1.165, 1.54) is 49.0 Å². The molecular formula is C19H21N3O2S2. The average Bonchev–Trinajstić information content (AvgIpc) is 3.11. The van der Waals surface area contributed by atoms with Gasteiger partial charge in [-0.15, -0.1) is 11.3 Å². The summed E-state index contributed by atoms with van der Waals surface area (Å²) in [6.07, 6.45) is 2.37. The molecule has 136 valence electrons. The molecule has 4 heterocycles. The molecule has 3 saturated heterocycles. The molecule has 0 saturated carbocycles. The smallest absolute Gasteiger partial charge is 0.261 e. The van der Waals surface area contributed by atoms with Crippen LogP contribution in [-0.4, -0.2) is 42.4 Å². The summed E-state index contributed by atoms with van der Waals surface area (Å²) in [4.78, 5) is 28.0. The van der Waals surface area contributed by atoms with E-state index in [2.05, 4.69) is 10.2 Å². The molecule has 1 unspecified atom stereocenters. The van der Waals surface area contributed by atoms with Gasteiger partial charge in [-0.3, -0.25) is 9.59 Å². The molecule has 0 spiro atoms. The largest absolute Gasteiger partial charge is 0.366 e. The van der Waals surface area contributed by atoms with Gasteiger partial charge in [0, 0.05) is 23.0 Å². The molecule has 3 fully saturated rings. The van der Waals surface area contributed by atoms with Crippen LogP contribution in [0.15, 0.2) is 45.5 Å². The van der Waals surface area contributed by atoms with Crippen LogP contribution in [0.5, 0.6) is 0 Å². The van der Waals surface area contributed by atoms with E-state index in [-0.39, 0.29) is 11.9 Å². The molecule has 3 N–H and O–H groups in total. The number of hydrogen-bond acceptors (Lipinski definition) is 5. The van der Waals surface area contributed by atoms with Crippen molar-refractivity contribution in [2.45, 2.75) is 28.0 Å². The molecule has 2 amide bonds. The molecule has 0 radical (unpaired) electrons. The van der Waals surface area contributed by atoms with Crippen LogP contribution in [0.3, 0.4) is 0 Å². The molecule has 5 nitrogen and oxygen atoms in total. The van der Waals surface area contributed by atoms with Crippen molar-refractivity contribution in [1.82, 2.24) is 10.2 Å². The first-order valence-corrected chi connectivity index (χ1v) is 10.4. The van der Waals surface area contributed by atoms with Crippen LogP contribution >= 0.6 is 23.1 Å². The summed E-state index contributed by atoms with van der Waals surface area (Å²) in [6, 6.07) is 11.3. The molecule has 2 bridgehead atoms. The lowest BCUT2D eigenvalue weighted by Gasteiger charge is -2.44. The summed E-state index contributed by atoms with van der Waals surface area (Å²) >= 11 is 3.02. The van der Waals surface area contributed by atoms with Crippen LogP contribution in [0.4, 0.5) is 0 Å². The number of carbonyl (C=O) groups is 2. The lowest BCUT2D eigenvalue weighted by Crippen LogP contribution is -2.57. The summed E-state index contributed by atoms with van der Waals surface area (Å²) in [5.74, 6) is 0.206. The second kappa shape index (κ2) is 7.42. The van der Waals surface area contributed by atoms with Crippen molar-refractivity contribution in [1.29, 1.82) is 0 Å². The predicted molar refractivity (Wildman–Crippen MR) is 104 cm³/mol. The van der Waals surface area contributed by atoms with Gasteiger partial charge in [0.15, 0.2) is 0 Å². The Morgan fingerprint density at radius 2 is 2.00 bits per heavy atom. The predicted octanol–water partition coefficient (Wildman–Crippen LogP) is 2.82. The van der Waals surface area contributed by atoms with E-state index >= 15 is 0 Å². The lowest BCUT2D eigenvalue weighted by atomic mass is 9.84. The first-order chi connectivity index (χ1) is 12.6. The maximum Gasteiger partial charge on any atom is 0.261 e. The summed E-state index contributed by atoms with van der Waals surface area (Å²) in [5.41, 5.74) is 5.82. The number of thiophene rings is 1. The fraction of sp³-hybridized carbons (Fsp3) is 0.368. The van der Waals surface area contributed by atoms with Gasteiger partial charge >= 0.3 is 0 Å². The van der Waals surface area contributed by atoms with Gasteiger partial charge in [-0.1, -0.05) is 17.8 Å². The van der Waals surface area contributed by atoms with Crippen molar-refractivity contribution in [3.8, 4) is 0 Å². The Balaban J connectivity index is 1.40. The highest BCUT2D eigenvalue weighted by Crippen LogP contribution is 2.34. The van der Waals surface area contributed by atoms with Crippen LogP contribution in [0, 0.1) is 5.92 Å². The fourth-order valence-electron chi connectivity index (χ4n) is 3.69. The number of carbonyl (C=O) groups excluding carboxylic acids is 2. The molecule has 1 aromatic heterocycles. The van der Waals surface area contributed by atoms with E-state index in [0.29, 0.717) is 11.5 Å². The molecule has 1 aromatic carbocycles. The molecule has 5 rings (SSSR count). The Hall–Kier alpha value is -1.83. The number of primary amides is 1. The highest BCUT2D eigenvalue weighted by molar-refractivity contribution is 8.01. The molecular weight excluding hydrogens is 366 g/mol. The number of amides is 2. The van der Waals surface area contributed by atoms with E-state index in [1.807, 2.05) is 24.3 Å². The molecule has 3 aliphatic heterocycles. The highest BCUT2D eigenvalue weighted by Gasteiger charge is 2.35. The quantitative estimate of drug-likeness (QED) is 0.827. The minimum Gasteiger partial charge on any atom is -0.366 e. The number of nitrogens with one attached hydrogen (secondary N) is 1. The number of fused-ring (bicyclic) bond motifs is 3.